The van der Waals surface area contributed by atoms with Gasteiger partial charge in [0.25, 0.3) is 0 Å². The second kappa shape index (κ2) is 3.13. The van der Waals surface area contributed by atoms with Crippen LogP contribution in [0, 0.1) is 0 Å². The number of nitrogens with one attached hydrogen (secondary N) is 2. The standard InChI is InChI=1S/C14H15N3/c1-2-5-11-10(4-1)13-12(8-15-11)16-9-14(17-13)6-3-7-14/h1-2,4-5,8,16-17H,3,6-7,9H2. The van der Waals surface area contributed by atoms with E-state index in [1.165, 1.54) is 30.3 Å². The maximum atomic E-state index is 4.48. The number of benzene rings is 1. The molecule has 17 heavy (non-hydrogen) atoms. The van der Waals surface area contributed by atoms with Gasteiger partial charge >= 0.3 is 0 Å². The van der Waals surface area contributed by atoms with Gasteiger partial charge in [-0.2, -0.15) is 0 Å². The molecule has 0 saturated heterocycles. The van der Waals surface area contributed by atoms with Crippen LogP contribution in [-0.4, -0.2) is 17.1 Å². The van der Waals surface area contributed by atoms with Crippen molar-refractivity contribution in [3.8, 4) is 0 Å². The zero-order valence-electron chi connectivity index (χ0n) is 9.66. The summed E-state index contributed by atoms with van der Waals surface area (Å²) in [7, 11) is 0. The molecule has 3 heteroatoms. The third-order valence-electron chi connectivity index (χ3n) is 4.09. The smallest absolute Gasteiger partial charge is 0.0770 e. The first-order valence-corrected chi connectivity index (χ1v) is 6.26. The molecule has 2 N–H and O–H groups in total. The largest absolute Gasteiger partial charge is 0.380 e. The Morgan fingerprint density at radius 3 is 2.88 bits per heavy atom. The minimum atomic E-state index is 0.303. The first kappa shape index (κ1) is 9.28. The fraction of sp³-hybridized carbons (Fsp3) is 0.357. The van der Waals surface area contributed by atoms with E-state index in [4.69, 9.17) is 0 Å². The zero-order valence-corrected chi connectivity index (χ0v) is 9.66. The number of hydrogen-bond donors (Lipinski definition) is 2. The Morgan fingerprint density at radius 1 is 1.18 bits per heavy atom. The zero-order chi connectivity index (χ0) is 11.3. The van der Waals surface area contributed by atoms with Crippen molar-refractivity contribution in [2.45, 2.75) is 24.8 Å². The van der Waals surface area contributed by atoms with Gasteiger partial charge in [-0.15, -0.1) is 0 Å². The van der Waals surface area contributed by atoms with Gasteiger partial charge in [0, 0.05) is 11.9 Å². The normalized spacial score (nSPS) is 20.2. The summed E-state index contributed by atoms with van der Waals surface area (Å²) in [5, 5.41) is 8.50. The van der Waals surface area contributed by atoms with Gasteiger partial charge in [-0.3, -0.25) is 4.98 Å². The van der Waals surface area contributed by atoms with Crippen LogP contribution in [0.4, 0.5) is 11.4 Å². The number of rotatable bonds is 0. The minimum Gasteiger partial charge on any atom is -0.380 e. The summed E-state index contributed by atoms with van der Waals surface area (Å²) in [5.41, 5.74) is 3.75. The van der Waals surface area contributed by atoms with Crippen molar-refractivity contribution >= 4 is 22.3 Å². The van der Waals surface area contributed by atoms with Crippen LogP contribution in [0.3, 0.4) is 0 Å². The van der Waals surface area contributed by atoms with Crippen LogP contribution in [-0.2, 0) is 0 Å². The topological polar surface area (TPSA) is 37.0 Å². The molecule has 86 valence electrons. The fourth-order valence-corrected chi connectivity index (χ4v) is 2.89. The lowest BCUT2D eigenvalue weighted by molar-refractivity contribution is 0.291. The second-order valence-corrected chi connectivity index (χ2v) is 5.18. The summed E-state index contributed by atoms with van der Waals surface area (Å²) in [6, 6.07) is 8.33. The Kier molecular flexibility index (Phi) is 1.71. The van der Waals surface area contributed by atoms with Crippen LogP contribution in [0.2, 0.25) is 0 Å². The van der Waals surface area contributed by atoms with Crippen molar-refractivity contribution < 1.29 is 0 Å². The van der Waals surface area contributed by atoms with Gasteiger partial charge in [0.2, 0.25) is 0 Å². The first-order valence-electron chi connectivity index (χ1n) is 6.26. The van der Waals surface area contributed by atoms with E-state index in [0.717, 1.165) is 17.7 Å². The van der Waals surface area contributed by atoms with Crippen LogP contribution in [0.15, 0.2) is 30.5 Å². The van der Waals surface area contributed by atoms with Gasteiger partial charge in [-0.1, -0.05) is 18.2 Å². The number of aromatic nitrogens is 1. The van der Waals surface area contributed by atoms with Gasteiger partial charge in [-0.25, -0.2) is 0 Å². The highest BCUT2D eigenvalue weighted by Crippen LogP contribution is 2.43. The molecule has 1 aliphatic carbocycles. The lowest BCUT2D eigenvalue weighted by Crippen LogP contribution is -2.53. The summed E-state index contributed by atoms with van der Waals surface area (Å²) in [6.45, 7) is 1.03. The van der Waals surface area contributed by atoms with E-state index in [-0.39, 0.29) is 0 Å². The van der Waals surface area contributed by atoms with Gasteiger partial charge in [0.1, 0.15) is 0 Å². The van der Waals surface area contributed by atoms with E-state index in [1.54, 1.807) is 0 Å². The van der Waals surface area contributed by atoms with Crippen molar-refractivity contribution in [3.63, 3.8) is 0 Å². The molecule has 0 radical (unpaired) electrons. The molecule has 0 amide bonds. The van der Waals surface area contributed by atoms with E-state index < -0.39 is 0 Å². The Bertz CT molecular complexity index is 587. The lowest BCUT2D eigenvalue weighted by atomic mass is 9.75. The molecule has 0 atom stereocenters. The SMILES string of the molecule is c1ccc2c3c(cnc2c1)NCC1(CCC1)N3. The molecule has 1 saturated carbocycles. The van der Waals surface area contributed by atoms with E-state index in [2.05, 4.69) is 33.8 Å². The maximum absolute atomic E-state index is 4.48. The third kappa shape index (κ3) is 1.25. The molecular weight excluding hydrogens is 210 g/mol. The average molecular weight is 225 g/mol. The molecular formula is C14H15N3. The molecule has 0 unspecified atom stereocenters. The predicted octanol–water partition coefficient (Wildman–Crippen LogP) is 2.99. The molecule has 1 spiro atoms. The Labute approximate surface area is 100 Å². The van der Waals surface area contributed by atoms with Crippen molar-refractivity contribution in [3.05, 3.63) is 30.5 Å². The quantitative estimate of drug-likeness (QED) is 0.723. The highest BCUT2D eigenvalue weighted by atomic mass is 15.1. The summed E-state index contributed by atoms with van der Waals surface area (Å²) in [4.78, 5) is 4.48. The Balaban J connectivity index is 1.91. The molecule has 1 aromatic heterocycles. The van der Waals surface area contributed by atoms with Crippen molar-refractivity contribution in [2.75, 3.05) is 17.2 Å². The fourth-order valence-electron chi connectivity index (χ4n) is 2.89. The lowest BCUT2D eigenvalue weighted by Gasteiger charge is -2.47. The molecule has 1 aliphatic heterocycles. The molecule has 2 aromatic rings. The van der Waals surface area contributed by atoms with Crippen LogP contribution in [0.5, 0.6) is 0 Å². The molecule has 2 heterocycles. The maximum Gasteiger partial charge on any atom is 0.0770 e. The summed E-state index contributed by atoms with van der Waals surface area (Å²) >= 11 is 0. The van der Waals surface area contributed by atoms with Crippen LogP contribution < -0.4 is 10.6 Å². The molecule has 1 fully saturated rings. The Hall–Kier alpha value is -1.77. The summed E-state index contributed by atoms with van der Waals surface area (Å²) in [5.74, 6) is 0. The predicted molar refractivity (Wildman–Crippen MR) is 70.4 cm³/mol. The second-order valence-electron chi connectivity index (χ2n) is 5.18. The number of fused-ring (bicyclic) bond motifs is 3. The van der Waals surface area contributed by atoms with Crippen LogP contribution in [0.1, 0.15) is 19.3 Å². The summed E-state index contributed by atoms with van der Waals surface area (Å²) in [6.07, 6.45) is 5.83. The van der Waals surface area contributed by atoms with Gasteiger partial charge in [0.15, 0.2) is 0 Å². The van der Waals surface area contributed by atoms with E-state index in [1.807, 2.05) is 12.3 Å². The van der Waals surface area contributed by atoms with Crippen LogP contribution >= 0.6 is 0 Å². The molecule has 2 aliphatic rings. The van der Waals surface area contributed by atoms with E-state index in [0.29, 0.717) is 5.54 Å². The average Bonchev–Trinajstić information content (AvgIpc) is 2.36. The molecule has 3 nitrogen and oxygen atoms in total. The van der Waals surface area contributed by atoms with E-state index in [9.17, 15) is 0 Å². The van der Waals surface area contributed by atoms with Gasteiger partial charge < -0.3 is 10.6 Å². The van der Waals surface area contributed by atoms with Crippen molar-refractivity contribution in [1.29, 1.82) is 0 Å². The first-order chi connectivity index (χ1) is 8.36. The van der Waals surface area contributed by atoms with Crippen LogP contribution in [0.25, 0.3) is 10.9 Å². The highest BCUT2D eigenvalue weighted by molar-refractivity contribution is 5.98. The number of anilines is 2. The number of hydrogen-bond acceptors (Lipinski definition) is 3. The van der Waals surface area contributed by atoms with E-state index >= 15 is 0 Å². The summed E-state index contributed by atoms with van der Waals surface area (Å²) < 4.78 is 0. The highest BCUT2D eigenvalue weighted by Gasteiger charge is 2.39. The Morgan fingerprint density at radius 2 is 2.06 bits per heavy atom. The molecule has 0 bridgehead atoms. The van der Waals surface area contributed by atoms with Gasteiger partial charge in [0.05, 0.1) is 28.6 Å². The van der Waals surface area contributed by atoms with Gasteiger partial charge in [-0.05, 0) is 25.3 Å². The number of nitrogens with zero attached hydrogens (tertiary/aromatic N) is 1. The number of pyridine rings is 1. The van der Waals surface area contributed by atoms with Crippen molar-refractivity contribution in [2.24, 2.45) is 0 Å². The minimum absolute atomic E-state index is 0.303. The monoisotopic (exact) mass is 225 g/mol. The molecule has 1 aromatic carbocycles. The van der Waals surface area contributed by atoms with Crippen molar-refractivity contribution in [1.82, 2.24) is 4.98 Å². The molecule has 4 rings (SSSR count). The third-order valence-corrected chi connectivity index (χ3v) is 4.09. The number of para-hydroxylation sites is 1.